The van der Waals surface area contributed by atoms with Crippen LogP contribution in [0, 0.1) is 0 Å². The van der Waals surface area contributed by atoms with Crippen LogP contribution in [-0.2, 0) is 9.59 Å². The molecule has 92 valence electrons. The minimum Gasteiger partial charge on any atom is -0.277 e. The van der Waals surface area contributed by atoms with E-state index in [-0.39, 0.29) is 18.4 Å². The number of benzene rings is 1. The molecule has 5 nitrogen and oxygen atoms in total. The summed E-state index contributed by atoms with van der Waals surface area (Å²) in [5, 5.41) is 2.18. The molecular formula is C13H12N2O3. The normalized spacial score (nSPS) is 27.1. The highest BCUT2D eigenvalue weighted by Gasteiger charge is 2.49. The Morgan fingerprint density at radius 2 is 1.83 bits per heavy atom. The Bertz CT molecular complexity index is 506. The van der Waals surface area contributed by atoms with Gasteiger partial charge in [0.05, 0.1) is 0 Å². The van der Waals surface area contributed by atoms with Crippen LogP contribution in [0.5, 0.6) is 0 Å². The molecule has 2 atom stereocenters. The number of barbiturate groups is 1. The van der Waals surface area contributed by atoms with Gasteiger partial charge >= 0.3 is 6.03 Å². The molecule has 3 rings (SSSR count). The standard InChI is InChI=1S/C13H12N2O3/c16-11-7-12(17)15(13(18)14-11)10-6-9(10)8-4-2-1-3-5-8/h1-5,9-10H,6-7H2,(H,14,16,18). The number of amides is 4. The summed E-state index contributed by atoms with van der Waals surface area (Å²) in [6.45, 7) is 0. The summed E-state index contributed by atoms with van der Waals surface area (Å²) in [7, 11) is 0. The van der Waals surface area contributed by atoms with Gasteiger partial charge in [0.2, 0.25) is 11.8 Å². The van der Waals surface area contributed by atoms with Crippen molar-refractivity contribution in [1.29, 1.82) is 0 Å². The topological polar surface area (TPSA) is 66.5 Å². The lowest BCUT2D eigenvalue weighted by Crippen LogP contribution is -2.53. The van der Waals surface area contributed by atoms with Gasteiger partial charge in [-0.05, 0) is 12.0 Å². The van der Waals surface area contributed by atoms with Crippen LogP contribution in [0.2, 0.25) is 0 Å². The number of carbonyl (C=O) groups is 3. The highest BCUT2D eigenvalue weighted by atomic mass is 16.2. The minimum atomic E-state index is -0.584. The molecule has 4 amide bonds. The number of hydrogen-bond acceptors (Lipinski definition) is 3. The van der Waals surface area contributed by atoms with E-state index in [4.69, 9.17) is 0 Å². The van der Waals surface area contributed by atoms with Gasteiger partial charge in [0.25, 0.3) is 0 Å². The molecule has 1 aromatic rings. The van der Waals surface area contributed by atoms with Gasteiger partial charge in [-0.1, -0.05) is 30.3 Å². The summed E-state index contributed by atoms with van der Waals surface area (Å²) in [6, 6.07) is 9.09. The van der Waals surface area contributed by atoms with Crippen molar-refractivity contribution in [2.75, 3.05) is 0 Å². The Kier molecular flexibility index (Phi) is 2.40. The van der Waals surface area contributed by atoms with E-state index in [0.29, 0.717) is 0 Å². The third kappa shape index (κ3) is 1.77. The Morgan fingerprint density at radius 1 is 1.11 bits per heavy atom. The van der Waals surface area contributed by atoms with Crippen LogP contribution in [0.4, 0.5) is 4.79 Å². The maximum Gasteiger partial charge on any atom is 0.331 e. The first kappa shape index (κ1) is 11.0. The summed E-state index contributed by atoms with van der Waals surface area (Å²) >= 11 is 0. The highest BCUT2D eigenvalue weighted by Crippen LogP contribution is 2.45. The molecule has 0 bridgehead atoms. The number of nitrogens with zero attached hydrogens (tertiary/aromatic N) is 1. The third-order valence-electron chi connectivity index (χ3n) is 3.36. The monoisotopic (exact) mass is 244 g/mol. The molecule has 1 heterocycles. The molecule has 1 aliphatic heterocycles. The average molecular weight is 244 g/mol. The van der Waals surface area contributed by atoms with Crippen LogP contribution in [0.15, 0.2) is 30.3 Å². The molecule has 18 heavy (non-hydrogen) atoms. The zero-order chi connectivity index (χ0) is 12.7. The van der Waals surface area contributed by atoms with Crippen molar-refractivity contribution in [3.63, 3.8) is 0 Å². The Balaban J connectivity index is 1.76. The lowest BCUT2D eigenvalue weighted by molar-refractivity contribution is -0.136. The number of hydrogen-bond donors (Lipinski definition) is 1. The lowest BCUT2D eigenvalue weighted by Gasteiger charge is -2.25. The van der Waals surface area contributed by atoms with Crippen LogP contribution < -0.4 is 5.32 Å². The van der Waals surface area contributed by atoms with Gasteiger partial charge in [0.1, 0.15) is 6.42 Å². The molecule has 2 aliphatic rings. The predicted octanol–water partition coefficient (Wildman–Crippen LogP) is 1.01. The van der Waals surface area contributed by atoms with E-state index in [2.05, 4.69) is 5.32 Å². The van der Waals surface area contributed by atoms with E-state index >= 15 is 0 Å². The number of carbonyl (C=O) groups excluding carboxylic acids is 3. The van der Waals surface area contributed by atoms with Crippen LogP contribution in [0.25, 0.3) is 0 Å². The first-order chi connectivity index (χ1) is 8.66. The van der Waals surface area contributed by atoms with Crippen LogP contribution in [-0.4, -0.2) is 28.8 Å². The number of imide groups is 2. The molecule has 2 unspecified atom stereocenters. The maximum atomic E-state index is 11.7. The summed E-state index contributed by atoms with van der Waals surface area (Å²) in [5.41, 5.74) is 1.13. The summed E-state index contributed by atoms with van der Waals surface area (Å²) in [4.78, 5) is 35.6. The van der Waals surface area contributed by atoms with Crippen molar-refractivity contribution in [2.24, 2.45) is 0 Å². The van der Waals surface area contributed by atoms with Crippen LogP contribution in [0.1, 0.15) is 24.3 Å². The van der Waals surface area contributed by atoms with E-state index in [9.17, 15) is 14.4 Å². The van der Waals surface area contributed by atoms with Gasteiger partial charge in [0, 0.05) is 12.0 Å². The van der Waals surface area contributed by atoms with Crippen molar-refractivity contribution >= 4 is 17.8 Å². The van der Waals surface area contributed by atoms with Gasteiger partial charge < -0.3 is 0 Å². The zero-order valence-electron chi connectivity index (χ0n) is 9.63. The molecular weight excluding hydrogens is 232 g/mol. The first-order valence-electron chi connectivity index (χ1n) is 5.87. The smallest absolute Gasteiger partial charge is 0.277 e. The maximum absolute atomic E-state index is 11.7. The minimum absolute atomic E-state index is 0.104. The molecule has 1 N–H and O–H groups in total. The van der Waals surface area contributed by atoms with Crippen molar-refractivity contribution < 1.29 is 14.4 Å². The molecule has 1 saturated carbocycles. The molecule has 0 aromatic heterocycles. The molecule has 0 radical (unpaired) electrons. The Labute approximate surface area is 104 Å². The summed E-state index contributed by atoms with van der Waals surface area (Å²) < 4.78 is 0. The molecule has 1 aliphatic carbocycles. The van der Waals surface area contributed by atoms with Gasteiger partial charge in [-0.15, -0.1) is 0 Å². The number of nitrogens with one attached hydrogen (secondary N) is 1. The van der Waals surface area contributed by atoms with E-state index in [1.807, 2.05) is 30.3 Å². The van der Waals surface area contributed by atoms with Crippen LogP contribution in [0.3, 0.4) is 0 Å². The summed E-state index contributed by atoms with van der Waals surface area (Å²) in [6.07, 6.45) is 0.543. The fraction of sp³-hybridized carbons (Fsp3) is 0.308. The molecule has 2 fully saturated rings. The number of urea groups is 1. The van der Waals surface area contributed by atoms with Crippen molar-refractivity contribution in [3.8, 4) is 0 Å². The number of rotatable bonds is 2. The van der Waals surface area contributed by atoms with Gasteiger partial charge in [-0.3, -0.25) is 19.8 Å². The van der Waals surface area contributed by atoms with Crippen molar-refractivity contribution in [1.82, 2.24) is 10.2 Å². The second kappa shape index (κ2) is 3.94. The van der Waals surface area contributed by atoms with E-state index < -0.39 is 17.8 Å². The Hall–Kier alpha value is -2.17. The fourth-order valence-electron chi connectivity index (χ4n) is 2.42. The largest absolute Gasteiger partial charge is 0.331 e. The van der Waals surface area contributed by atoms with Crippen molar-refractivity contribution in [3.05, 3.63) is 35.9 Å². The zero-order valence-corrected chi connectivity index (χ0v) is 9.63. The second-order valence-electron chi connectivity index (χ2n) is 4.61. The van der Waals surface area contributed by atoms with Crippen molar-refractivity contribution in [2.45, 2.75) is 24.8 Å². The van der Waals surface area contributed by atoms with Gasteiger partial charge in [0.15, 0.2) is 0 Å². The SMILES string of the molecule is O=C1CC(=O)N(C2CC2c2ccccc2)C(=O)N1. The van der Waals surface area contributed by atoms with E-state index in [1.165, 1.54) is 4.90 Å². The Morgan fingerprint density at radius 3 is 2.50 bits per heavy atom. The molecule has 1 saturated heterocycles. The van der Waals surface area contributed by atoms with E-state index in [1.54, 1.807) is 0 Å². The molecule has 1 aromatic carbocycles. The van der Waals surface area contributed by atoms with Crippen LogP contribution >= 0.6 is 0 Å². The van der Waals surface area contributed by atoms with Gasteiger partial charge in [-0.2, -0.15) is 0 Å². The van der Waals surface area contributed by atoms with Gasteiger partial charge in [-0.25, -0.2) is 4.79 Å². The average Bonchev–Trinajstić information content (AvgIpc) is 3.09. The van der Waals surface area contributed by atoms with E-state index in [0.717, 1.165) is 12.0 Å². The summed E-state index contributed by atoms with van der Waals surface area (Å²) in [5.74, 6) is -0.709. The highest BCUT2D eigenvalue weighted by molar-refractivity contribution is 6.14. The second-order valence-corrected chi connectivity index (χ2v) is 4.61. The molecule has 5 heteroatoms. The third-order valence-corrected chi connectivity index (χ3v) is 3.36. The fourth-order valence-corrected chi connectivity index (χ4v) is 2.42. The molecule has 0 spiro atoms. The first-order valence-corrected chi connectivity index (χ1v) is 5.87. The predicted molar refractivity (Wildman–Crippen MR) is 62.6 cm³/mol. The lowest BCUT2D eigenvalue weighted by atomic mass is 10.1. The quantitative estimate of drug-likeness (QED) is 0.789.